The zero-order chi connectivity index (χ0) is 24.2. The molecule has 2 aromatic heterocycles. The minimum atomic E-state index is -0.820. The van der Waals surface area contributed by atoms with Crippen LogP contribution in [0.5, 0.6) is 11.8 Å². The zero-order valence-corrected chi connectivity index (χ0v) is 21.4. The first kappa shape index (κ1) is 23.0. The van der Waals surface area contributed by atoms with Gasteiger partial charge in [0.2, 0.25) is 0 Å². The Morgan fingerprint density at radius 1 is 1.34 bits per heavy atom. The van der Waals surface area contributed by atoms with Crippen LogP contribution in [0.25, 0.3) is 10.9 Å². The normalized spacial score (nSPS) is 23.9. The van der Waals surface area contributed by atoms with Gasteiger partial charge >= 0.3 is 6.01 Å². The zero-order valence-electron chi connectivity index (χ0n) is 19.0. The van der Waals surface area contributed by atoms with Gasteiger partial charge in [-0.3, -0.25) is 4.90 Å². The van der Waals surface area contributed by atoms with E-state index in [0.717, 1.165) is 30.3 Å². The van der Waals surface area contributed by atoms with Gasteiger partial charge in [0.15, 0.2) is 5.75 Å². The lowest BCUT2D eigenvalue weighted by molar-refractivity contribution is 0.107. The van der Waals surface area contributed by atoms with E-state index in [1.54, 1.807) is 6.20 Å². The monoisotopic (exact) mass is 562 g/mol. The predicted molar refractivity (Wildman–Crippen MR) is 136 cm³/mol. The molecule has 0 bridgehead atoms. The summed E-state index contributed by atoms with van der Waals surface area (Å²) in [5.74, 6) is 1.66. The fourth-order valence-corrected chi connectivity index (χ4v) is 6.15. The minimum Gasteiger partial charge on any atom is -0.489 e. The van der Waals surface area contributed by atoms with Crippen LogP contribution in [0.15, 0.2) is 28.9 Å². The van der Waals surface area contributed by atoms with Crippen molar-refractivity contribution >= 4 is 50.1 Å². The van der Waals surface area contributed by atoms with E-state index in [9.17, 15) is 4.39 Å². The Hall–Kier alpha value is -2.43. The summed E-state index contributed by atoms with van der Waals surface area (Å²) in [5, 5.41) is 1.19. The lowest BCUT2D eigenvalue weighted by atomic mass is 9.95. The Balaban J connectivity index is 1.40. The molecule has 0 amide bonds. The summed E-state index contributed by atoms with van der Waals surface area (Å²) in [6.07, 6.45) is 3.30. The van der Waals surface area contributed by atoms with Crippen LogP contribution in [0.3, 0.4) is 0 Å². The van der Waals surface area contributed by atoms with Crippen molar-refractivity contribution in [2.75, 3.05) is 43.5 Å². The van der Waals surface area contributed by atoms with Gasteiger partial charge in [-0.2, -0.15) is 9.97 Å². The van der Waals surface area contributed by atoms with Crippen LogP contribution in [-0.4, -0.2) is 64.4 Å². The first-order chi connectivity index (χ1) is 16.9. The molecule has 8 nitrogen and oxygen atoms in total. The first-order valence-electron chi connectivity index (χ1n) is 11.7. The average Bonchev–Trinajstić information content (AvgIpc) is 3.29. The van der Waals surface area contributed by atoms with Crippen molar-refractivity contribution in [1.29, 1.82) is 0 Å². The van der Waals surface area contributed by atoms with E-state index in [0.29, 0.717) is 71.7 Å². The van der Waals surface area contributed by atoms with Crippen LogP contribution in [0.2, 0.25) is 5.02 Å². The summed E-state index contributed by atoms with van der Waals surface area (Å²) in [6, 6.07) is 5.90. The smallest absolute Gasteiger partial charge is 0.319 e. The van der Waals surface area contributed by atoms with E-state index in [2.05, 4.69) is 30.7 Å². The first-order valence-corrected chi connectivity index (χ1v) is 12.9. The van der Waals surface area contributed by atoms with Gasteiger partial charge in [0.1, 0.15) is 31.0 Å². The highest BCUT2D eigenvalue weighted by molar-refractivity contribution is 9.10. The van der Waals surface area contributed by atoms with Crippen molar-refractivity contribution in [1.82, 2.24) is 19.9 Å². The van der Waals surface area contributed by atoms with Gasteiger partial charge in [-0.15, -0.1) is 0 Å². The summed E-state index contributed by atoms with van der Waals surface area (Å²) in [7, 11) is 0. The molecule has 2 fully saturated rings. The maximum atomic E-state index is 14.2. The maximum Gasteiger partial charge on any atom is 0.319 e. The number of benzene rings is 1. The number of nitrogens with two attached hydrogens (primary N) is 1. The van der Waals surface area contributed by atoms with Crippen LogP contribution in [0, 0.1) is 0 Å². The van der Waals surface area contributed by atoms with Crippen molar-refractivity contribution in [2.24, 2.45) is 0 Å². The molecule has 2 N–H and O–H groups in total. The molecule has 6 rings (SSSR count). The number of nitrogens with zero attached hydrogens (tertiary/aromatic N) is 5. The van der Waals surface area contributed by atoms with Gasteiger partial charge in [0, 0.05) is 35.7 Å². The molecule has 0 aliphatic carbocycles. The number of rotatable bonds is 5. The third-order valence-corrected chi connectivity index (χ3v) is 8.45. The van der Waals surface area contributed by atoms with E-state index in [1.807, 2.05) is 18.2 Å². The van der Waals surface area contributed by atoms with Gasteiger partial charge in [-0.1, -0.05) is 17.7 Å². The number of hydrogen-bond acceptors (Lipinski definition) is 8. The van der Waals surface area contributed by atoms with E-state index in [1.165, 1.54) is 0 Å². The maximum absolute atomic E-state index is 14.2. The lowest BCUT2D eigenvalue weighted by Crippen LogP contribution is -2.43. The fourth-order valence-electron chi connectivity index (χ4n) is 5.55. The molecule has 0 saturated carbocycles. The molecule has 0 spiro atoms. The van der Waals surface area contributed by atoms with Crippen LogP contribution < -0.4 is 20.1 Å². The second-order valence-corrected chi connectivity index (χ2v) is 10.6. The molecule has 3 aromatic rings. The SMILES string of the molecule is Nc1ncccc1CN1CCOc2c(Cl)c(Br)cc3nc(OC[C@@]45CCCN4C[C@H](F)C5)nc1c23. The van der Waals surface area contributed by atoms with E-state index in [-0.39, 0.29) is 11.5 Å². The molecule has 11 heteroatoms. The summed E-state index contributed by atoms with van der Waals surface area (Å²) in [4.78, 5) is 18.0. The van der Waals surface area contributed by atoms with E-state index >= 15 is 0 Å². The van der Waals surface area contributed by atoms with Gasteiger partial charge in [-0.05, 0) is 47.4 Å². The predicted octanol–water partition coefficient (Wildman–Crippen LogP) is 4.38. The second-order valence-electron chi connectivity index (χ2n) is 9.41. The number of halogens is 3. The molecule has 5 heterocycles. The quantitative estimate of drug-likeness (QED) is 0.489. The molecular formula is C24H25BrClFN6O2. The number of hydrogen-bond donors (Lipinski definition) is 1. The standard InChI is InChI=1S/C24H25BrClFN6O2/c25-16-9-17-18-20(19(16)26)34-8-7-32(11-14-3-1-5-29-21(14)28)22(18)31-23(30-17)35-13-24-4-2-6-33(24)12-15(27)10-24/h1,3,5,9,15H,2,4,6-8,10-13H2,(H2,28,29)/t15-,24+/m1/s1. The third-order valence-electron chi connectivity index (χ3n) is 7.22. The largest absolute Gasteiger partial charge is 0.489 e. The molecular weight excluding hydrogens is 539 g/mol. The van der Waals surface area contributed by atoms with Crippen LogP contribution >= 0.6 is 27.5 Å². The molecule has 1 aromatic carbocycles. The highest BCUT2D eigenvalue weighted by Gasteiger charge is 2.49. The van der Waals surface area contributed by atoms with Crippen molar-refractivity contribution in [2.45, 2.75) is 37.5 Å². The number of alkyl halides is 1. The van der Waals surface area contributed by atoms with Crippen molar-refractivity contribution in [3.8, 4) is 11.8 Å². The summed E-state index contributed by atoms with van der Waals surface area (Å²) in [5.41, 5.74) is 7.38. The van der Waals surface area contributed by atoms with Gasteiger partial charge in [0.25, 0.3) is 0 Å². The number of aromatic nitrogens is 3. The number of pyridine rings is 1. The van der Waals surface area contributed by atoms with Crippen molar-refractivity contribution < 1.29 is 13.9 Å². The van der Waals surface area contributed by atoms with Crippen molar-refractivity contribution in [3.05, 3.63) is 39.5 Å². The molecule has 0 unspecified atom stereocenters. The second kappa shape index (κ2) is 8.90. The van der Waals surface area contributed by atoms with Crippen LogP contribution in [0.4, 0.5) is 16.0 Å². The number of nitrogen functional groups attached to an aromatic ring is 1. The number of anilines is 2. The summed E-state index contributed by atoms with van der Waals surface area (Å²) in [6.45, 7) is 3.19. The third kappa shape index (κ3) is 4.05. The number of ether oxygens (including phenoxy) is 2. The Bertz CT molecular complexity index is 1300. The highest BCUT2D eigenvalue weighted by Crippen LogP contribution is 2.45. The van der Waals surface area contributed by atoms with E-state index < -0.39 is 6.17 Å². The molecule has 2 saturated heterocycles. The Labute approximate surface area is 215 Å². The molecule has 0 radical (unpaired) electrons. The molecule has 3 aliphatic rings. The minimum absolute atomic E-state index is 0.252. The topological polar surface area (TPSA) is 89.6 Å². The van der Waals surface area contributed by atoms with Gasteiger partial charge in [0.05, 0.1) is 28.0 Å². The number of fused-ring (bicyclic) bond motifs is 1. The molecule has 35 heavy (non-hydrogen) atoms. The molecule has 3 aliphatic heterocycles. The Morgan fingerprint density at radius 2 is 2.23 bits per heavy atom. The van der Waals surface area contributed by atoms with Crippen LogP contribution in [-0.2, 0) is 6.54 Å². The summed E-state index contributed by atoms with van der Waals surface area (Å²) >= 11 is 10.1. The lowest BCUT2D eigenvalue weighted by Gasteiger charge is -2.31. The van der Waals surface area contributed by atoms with Crippen molar-refractivity contribution in [3.63, 3.8) is 0 Å². The Kier molecular flexibility index (Phi) is 5.85. The molecule has 184 valence electrons. The highest BCUT2D eigenvalue weighted by atomic mass is 79.9. The fraction of sp³-hybridized carbons (Fsp3) is 0.458. The van der Waals surface area contributed by atoms with Crippen LogP contribution in [0.1, 0.15) is 24.8 Å². The average molecular weight is 564 g/mol. The van der Waals surface area contributed by atoms with Gasteiger partial charge in [-0.25, -0.2) is 9.37 Å². The van der Waals surface area contributed by atoms with E-state index in [4.69, 9.17) is 36.8 Å². The summed E-state index contributed by atoms with van der Waals surface area (Å²) < 4.78 is 27.2. The van der Waals surface area contributed by atoms with Gasteiger partial charge < -0.3 is 20.1 Å². The Morgan fingerprint density at radius 3 is 3.09 bits per heavy atom. The molecule has 2 atom stereocenters.